The molecule has 0 bridgehead atoms. The molecule has 1 aromatic carbocycles. The van der Waals surface area contributed by atoms with Gasteiger partial charge in [0.2, 0.25) is 0 Å². The third kappa shape index (κ3) is 3.31. The van der Waals surface area contributed by atoms with Crippen LogP contribution in [-0.2, 0) is 6.54 Å². The highest BCUT2D eigenvalue weighted by atomic mass is 16.5. The maximum atomic E-state index is 12.3. The predicted molar refractivity (Wildman–Crippen MR) is 73.0 cm³/mol. The van der Waals surface area contributed by atoms with Crippen LogP contribution in [0.2, 0.25) is 0 Å². The Hall–Kier alpha value is -2.36. The number of methoxy groups -OCH3 is 1. The minimum atomic E-state index is -0.0317. The average molecular weight is 256 g/mol. The second-order valence-corrected chi connectivity index (χ2v) is 4.25. The van der Waals surface area contributed by atoms with Gasteiger partial charge in [0.25, 0.3) is 5.91 Å². The smallest absolute Gasteiger partial charge is 0.254 e. The molecule has 0 aliphatic carbocycles. The molecule has 98 valence electrons. The van der Waals surface area contributed by atoms with E-state index in [-0.39, 0.29) is 5.91 Å². The summed E-state index contributed by atoms with van der Waals surface area (Å²) < 4.78 is 5.12. The van der Waals surface area contributed by atoms with E-state index in [0.29, 0.717) is 17.9 Å². The van der Waals surface area contributed by atoms with Crippen molar-refractivity contribution >= 4 is 5.91 Å². The minimum absolute atomic E-state index is 0.0317. The van der Waals surface area contributed by atoms with Gasteiger partial charge in [-0.25, -0.2) is 0 Å². The molecule has 0 saturated heterocycles. The Kier molecular flexibility index (Phi) is 4.13. The molecule has 2 aromatic rings. The Balaban J connectivity index is 2.10. The van der Waals surface area contributed by atoms with Crippen molar-refractivity contribution in [3.05, 3.63) is 59.9 Å². The second kappa shape index (κ2) is 6.00. The molecule has 4 nitrogen and oxygen atoms in total. The second-order valence-electron chi connectivity index (χ2n) is 4.25. The summed E-state index contributed by atoms with van der Waals surface area (Å²) >= 11 is 0. The van der Waals surface area contributed by atoms with Crippen LogP contribution in [0.15, 0.2) is 48.8 Å². The first-order valence-corrected chi connectivity index (χ1v) is 5.99. The molecular weight excluding hydrogens is 240 g/mol. The van der Waals surface area contributed by atoms with Crippen molar-refractivity contribution in [3.63, 3.8) is 0 Å². The number of aromatic nitrogens is 1. The van der Waals surface area contributed by atoms with Gasteiger partial charge < -0.3 is 9.64 Å². The van der Waals surface area contributed by atoms with Gasteiger partial charge in [-0.2, -0.15) is 0 Å². The molecule has 0 fully saturated rings. The van der Waals surface area contributed by atoms with Crippen LogP contribution < -0.4 is 4.74 Å². The number of pyridine rings is 1. The third-order valence-corrected chi connectivity index (χ3v) is 2.83. The van der Waals surface area contributed by atoms with E-state index in [9.17, 15) is 4.79 Å². The zero-order chi connectivity index (χ0) is 13.7. The molecule has 0 saturated carbocycles. The molecule has 1 aromatic heterocycles. The normalized spacial score (nSPS) is 10.0. The van der Waals surface area contributed by atoms with Crippen molar-refractivity contribution in [1.82, 2.24) is 9.88 Å². The first-order valence-electron chi connectivity index (χ1n) is 5.99. The van der Waals surface area contributed by atoms with E-state index in [1.807, 2.05) is 24.3 Å². The number of carbonyl (C=O) groups excluding carboxylic acids is 1. The lowest BCUT2D eigenvalue weighted by molar-refractivity contribution is 0.0784. The number of nitrogens with zero attached hydrogens (tertiary/aromatic N) is 2. The Morgan fingerprint density at radius 1 is 1.26 bits per heavy atom. The van der Waals surface area contributed by atoms with Crippen LogP contribution in [0.25, 0.3) is 0 Å². The predicted octanol–water partition coefficient (Wildman–Crippen LogP) is 2.36. The molecule has 2 rings (SSSR count). The summed E-state index contributed by atoms with van der Waals surface area (Å²) in [5.41, 5.74) is 1.67. The number of rotatable bonds is 4. The van der Waals surface area contributed by atoms with E-state index in [2.05, 4.69) is 4.98 Å². The van der Waals surface area contributed by atoms with Crippen molar-refractivity contribution in [2.24, 2.45) is 0 Å². The molecule has 4 heteroatoms. The Bertz CT molecular complexity index is 555. The fourth-order valence-corrected chi connectivity index (χ4v) is 1.81. The third-order valence-electron chi connectivity index (χ3n) is 2.83. The molecular formula is C15H16N2O2. The van der Waals surface area contributed by atoms with Gasteiger partial charge in [0.1, 0.15) is 5.75 Å². The molecule has 19 heavy (non-hydrogen) atoms. The summed E-state index contributed by atoms with van der Waals surface area (Å²) in [6, 6.07) is 11.0. The largest absolute Gasteiger partial charge is 0.497 e. The van der Waals surface area contributed by atoms with Gasteiger partial charge in [-0.3, -0.25) is 9.78 Å². The van der Waals surface area contributed by atoms with Gasteiger partial charge in [0.15, 0.2) is 0 Å². The van der Waals surface area contributed by atoms with Crippen LogP contribution in [0, 0.1) is 0 Å². The Morgan fingerprint density at radius 3 is 2.68 bits per heavy atom. The summed E-state index contributed by atoms with van der Waals surface area (Å²) in [6.45, 7) is 0.554. The van der Waals surface area contributed by atoms with Gasteiger partial charge in [-0.05, 0) is 35.9 Å². The first kappa shape index (κ1) is 13.1. The highest BCUT2D eigenvalue weighted by Crippen LogP contribution is 2.14. The number of hydrogen-bond acceptors (Lipinski definition) is 3. The van der Waals surface area contributed by atoms with E-state index < -0.39 is 0 Å². The lowest BCUT2D eigenvalue weighted by Crippen LogP contribution is -2.26. The van der Waals surface area contributed by atoms with E-state index in [1.165, 1.54) is 0 Å². The van der Waals surface area contributed by atoms with Crippen LogP contribution in [0.5, 0.6) is 5.75 Å². The quantitative estimate of drug-likeness (QED) is 0.843. The van der Waals surface area contributed by atoms with Crippen LogP contribution in [-0.4, -0.2) is 29.9 Å². The van der Waals surface area contributed by atoms with Gasteiger partial charge in [-0.1, -0.05) is 6.07 Å². The maximum absolute atomic E-state index is 12.3. The van der Waals surface area contributed by atoms with Crippen molar-refractivity contribution in [3.8, 4) is 5.75 Å². The van der Waals surface area contributed by atoms with Crippen molar-refractivity contribution in [1.29, 1.82) is 0 Å². The summed E-state index contributed by atoms with van der Waals surface area (Å²) in [4.78, 5) is 17.9. The van der Waals surface area contributed by atoms with Crippen LogP contribution in [0.4, 0.5) is 0 Å². The molecule has 0 N–H and O–H groups in total. The van der Waals surface area contributed by atoms with E-state index in [1.54, 1.807) is 43.6 Å². The Morgan fingerprint density at radius 2 is 2.00 bits per heavy atom. The first-order chi connectivity index (χ1) is 9.20. The van der Waals surface area contributed by atoms with Gasteiger partial charge in [0.05, 0.1) is 7.11 Å². The van der Waals surface area contributed by atoms with Gasteiger partial charge >= 0.3 is 0 Å². The molecule has 0 radical (unpaired) electrons. The number of amides is 1. The fourth-order valence-electron chi connectivity index (χ4n) is 1.81. The van der Waals surface area contributed by atoms with E-state index in [4.69, 9.17) is 4.74 Å². The molecule has 0 aliphatic heterocycles. The van der Waals surface area contributed by atoms with Crippen LogP contribution in [0.1, 0.15) is 15.9 Å². The molecule has 0 atom stereocenters. The zero-order valence-electron chi connectivity index (χ0n) is 11.0. The molecule has 0 spiro atoms. The number of hydrogen-bond donors (Lipinski definition) is 0. The zero-order valence-corrected chi connectivity index (χ0v) is 11.0. The van der Waals surface area contributed by atoms with Crippen molar-refractivity contribution in [2.75, 3.05) is 14.2 Å². The van der Waals surface area contributed by atoms with Crippen LogP contribution in [0.3, 0.4) is 0 Å². The number of benzene rings is 1. The molecule has 0 unspecified atom stereocenters. The maximum Gasteiger partial charge on any atom is 0.254 e. The Labute approximate surface area is 112 Å². The van der Waals surface area contributed by atoms with Crippen molar-refractivity contribution < 1.29 is 9.53 Å². The summed E-state index contributed by atoms with van der Waals surface area (Å²) in [7, 11) is 3.37. The topological polar surface area (TPSA) is 42.4 Å². The highest BCUT2D eigenvalue weighted by molar-refractivity contribution is 5.94. The lowest BCUT2D eigenvalue weighted by Gasteiger charge is -2.17. The monoisotopic (exact) mass is 256 g/mol. The van der Waals surface area contributed by atoms with Crippen molar-refractivity contribution in [2.45, 2.75) is 6.54 Å². The summed E-state index contributed by atoms with van der Waals surface area (Å²) in [5, 5.41) is 0. The summed E-state index contributed by atoms with van der Waals surface area (Å²) in [5.74, 6) is 0.652. The van der Waals surface area contributed by atoms with E-state index in [0.717, 1.165) is 5.56 Å². The molecule has 0 aliphatic rings. The standard InChI is InChI=1S/C15H16N2O2/c1-17(11-12-6-8-16-9-7-12)15(18)13-4-3-5-14(10-13)19-2/h3-10H,11H2,1-2H3. The van der Waals surface area contributed by atoms with Gasteiger partial charge in [0, 0.05) is 31.5 Å². The summed E-state index contributed by atoms with van der Waals surface area (Å²) in [6.07, 6.45) is 3.44. The number of carbonyl (C=O) groups is 1. The fraction of sp³-hybridized carbons (Fsp3) is 0.200. The molecule has 1 amide bonds. The SMILES string of the molecule is COc1cccc(C(=O)N(C)Cc2ccncc2)c1. The highest BCUT2D eigenvalue weighted by Gasteiger charge is 2.12. The van der Waals surface area contributed by atoms with Gasteiger partial charge in [-0.15, -0.1) is 0 Å². The lowest BCUT2D eigenvalue weighted by atomic mass is 10.1. The number of ether oxygens (including phenoxy) is 1. The average Bonchev–Trinajstić information content (AvgIpc) is 2.47. The van der Waals surface area contributed by atoms with Crippen LogP contribution >= 0.6 is 0 Å². The van der Waals surface area contributed by atoms with E-state index >= 15 is 0 Å². The minimum Gasteiger partial charge on any atom is -0.497 e. The molecule has 1 heterocycles.